The van der Waals surface area contributed by atoms with Gasteiger partial charge in [-0.15, -0.1) is 11.6 Å². The molecule has 3 heteroatoms. The minimum Gasteiger partial charge on any atom is -0.368 e. The molecular weight excluding hydrogens is 220 g/mol. The van der Waals surface area contributed by atoms with E-state index in [9.17, 15) is 0 Å². The number of halogens is 1. The fourth-order valence-corrected chi connectivity index (χ4v) is 2.10. The van der Waals surface area contributed by atoms with Gasteiger partial charge in [0.1, 0.15) is 0 Å². The smallest absolute Gasteiger partial charge is 0.0648 e. The van der Waals surface area contributed by atoms with Crippen LogP contribution in [0.5, 0.6) is 0 Å². The maximum atomic E-state index is 5.82. The highest BCUT2D eigenvalue weighted by Crippen LogP contribution is 2.32. The highest BCUT2D eigenvalue weighted by atomic mass is 35.5. The van der Waals surface area contributed by atoms with E-state index < -0.39 is 0 Å². The van der Waals surface area contributed by atoms with Crippen molar-refractivity contribution in [3.05, 3.63) is 24.0 Å². The molecule has 0 saturated heterocycles. The zero-order valence-corrected chi connectivity index (χ0v) is 10.6. The van der Waals surface area contributed by atoms with Gasteiger partial charge in [0.25, 0.3) is 0 Å². The Morgan fingerprint density at radius 3 is 2.94 bits per heavy atom. The van der Waals surface area contributed by atoms with E-state index in [2.05, 4.69) is 28.9 Å². The average molecular weight is 239 g/mol. The fourth-order valence-electron chi connectivity index (χ4n) is 1.95. The van der Waals surface area contributed by atoms with Gasteiger partial charge in [-0.1, -0.05) is 13.3 Å². The van der Waals surface area contributed by atoms with E-state index in [0.29, 0.717) is 5.88 Å². The normalized spacial score (nSPS) is 15.1. The third-order valence-corrected chi connectivity index (χ3v) is 3.28. The number of aromatic nitrogens is 1. The monoisotopic (exact) mass is 238 g/mol. The average Bonchev–Trinajstić information content (AvgIpc) is 3.14. The van der Waals surface area contributed by atoms with Crippen molar-refractivity contribution in [2.45, 2.75) is 44.5 Å². The Labute approximate surface area is 103 Å². The highest BCUT2D eigenvalue weighted by Gasteiger charge is 2.28. The number of rotatable bonds is 6. The van der Waals surface area contributed by atoms with Gasteiger partial charge in [-0.05, 0) is 31.4 Å². The molecule has 0 radical (unpaired) electrons. The molecule has 1 aliphatic rings. The summed E-state index contributed by atoms with van der Waals surface area (Å²) < 4.78 is 0. The minimum absolute atomic E-state index is 0.500. The van der Waals surface area contributed by atoms with Crippen LogP contribution in [0.3, 0.4) is 0 Å². The molecule has 1 fully saturated rings. The summed E-state index contributed by atoms with van der Waals surface area (Å²) in [6, 6.07) is 4.99. The summed E-state index contributed by atoms with van der Waals surface area (Å²) in [7, 11) is 0. The van der Waals surface area contributed by atoms with Crippen LogP contribution in [0.1, 0.15) is 38.3 Å². The van der Waals surface area contributed by atoms with Crippen LogP contribution in [-0.4, -0.2) is 17.6 Å². The Bertz CT molecular complexity index is 336. The van der Waals surface area contributed by atoms with E-state index >= 15 is 0 Å². The van der Waals surface area contributed by atoms with Gasteiger partial charge in [-0.2, -0.15) is 0 Å². The second-order valence-corrected chi connectivity index (χ2v) is 4.68. The van der Waals surface area contributed by atoms with E-state index in [1.54, 1.807) is 0 Å². The molecule has 0 amide bonds. The van der Waals surface area contributed by atoms with Gasteiger partial charge in [0.15, 0.2) is 0 Å². The van der Waals surface area contributed by atoms with Gasteiger partial charge in [-0.25, -0.2) is 0 Å². The predicted octanol–water partition coefficient (Wildman–Crippen LogP) is 3.59. The molecule has 2 nitrogen and oxygen atoms in total. The van der Waals surface area contributed by atoms with E-state index in [0.717, 1.165) is 18.3 Å². The molecule has 16 heavy (non-hydrogen) atoms. The SMILES string of the molecule is CCCCN(c1ccnc(CCl)c1)C1CC1. The Morgan fingerprint density at radius 2 is 2.31 bits per heavy atom. The first kappa shape index (κ1) is 11.7. The Balaban J connectivity index is 2.10. The second-order valence-electron chi connectivity index (χ2n) is 4.42. The molecule has 0 unspecified atom stereocenters. The van der Waals surface area contributed by atoms with Crippen molar-refractivity contribution in [1.82, 2.24) is 4.98 Å². The molecule has 1 saturated carbocycles. The van der Waals surface area contributed by atoms with Crippen LogP contribution < -0.4 is 4.90 Å². The van der Waals surface area contributed by atoms with E-state index in [1.807, 2.05) is 6.20 Å². The summed E-state index contributed by atoms with van der Waals surface area (Å²) >= 11 is 5.82. The Kier molecular flexibility index (Phi) is 4.05. The van der Waals surface area contributed by atoms with Crippen LogP contribution in [0.15, 0.2) is 18.3 Å². The summed E-state index contributed by atoms with van der Waals surface area (Å²) in [5, 5.41) is 0. The van der Waals surface area contributed by atoms with Gasteiger partial charge in [-0.3, -0.25) is 4.98 Å². The molecule has 0 N–H and O–H groups in total. The zero-order chi connectivity index (χ0) is 11.4. The molecule has 0 bridgehead atoms. The fraction of sp³-hybridized carbons (Fsp3) is 0.615. The largest absolute Gasteiger partial charge is 0.368 e. The summed E-state index contributed by atoms with van der Waals surface area (Å²) in [5.41, 5.74) is 2.27. The third-order valence-electron chi connectivity index (χ3n) is 3.01. The summed E-state index contributed by atoms with van der Waals surface area (Å²) in [5.74, 6) is 0.500. The minimum atomic E-state index is 0.500. The molecule has 1 aromatic heterocycles. The van der Waals surface area contributed by atoms with Gasteiger partial charge in [0.05, 0.1) is 11.6 Å². The lowest BCUT2D eigenvalue weighted by Gasteiger charge is -2.24. The van der Waals surface area contributed by atoms with Crippen molar-refractivity contribution in [3.63, 3.8) is 0 Å². The Hall–Kier alpha value is -0.760. The predicted molar refractivity (Wildman–Crippen MR) is 69.1 cm³/mol. The number of alkyl halides is 1. The Morgan fingerprint density at radius 1 is 1.50 bits per heavy atom. The lowest BCUT2D eigenvalue weighted by Crippen LogP contribution is -2.26. The first-order valence-corrected chi connectivity index (χ1v) is 6.66. The van der Waals surface area contributed by atoms with E-state index in [-0.39, 0.29) is 0 Å². The van der Waals surface area contributed by atoms with Crippen LogP contribution >= 0.6 is 11.6 Å². The zero-order valence-electron chi connectivity index (χ0n) is 9.82. The van der Waals surface area contributed by atoms with E-state index in [1.165, 1.54) is 31.4 Å². The van der Waals surface area contributed by atoms with Crippen molar-refractivity contribution in [3.8, 4) is 0 Å². The molecule has 0 spiro atoms. The number of unbranched alkanes of at least 4 members (excludes halogenated alkanes) is 1. The first-order chi connectivity index (χ1) is 7.85. The molecule has 1 heterocycles. The number of pyridine rings is 1. The molecular formula is C13H19ClN2. The van der Waals surface area contributed by atoms with Crippen LogP contribution in [0.25, 0.3) is 0 Å². The van der Waals surface area contributed by atoms with Gasteiger partial charge < -0.3 is 4.90 Å². The van der Waals surface area contributed by atoms with Crippen molar-refractivity contribution in [2.75, 3.05) is 11.4 Å². The quantitative estimate of drug-likeness (QED) is 0.705. The van der Waals surface area contributed by atoms with Crippen LogP contribution in [0.2, 0.25) is 0 Å². The topological polar surface area (TPSA) is 16.1 Å². The molecule has 0 atom stereocenters. The standard InChI is InChI=1S/C13H19ClN2/c1-2-3-8-16(12-4-5-12)13-6-7-15-11(9-13)10-14/h6-7,9,12H,2-5,8,10H2,1H3. The van der Waals surface area contributed by atoms with Crippen LogP contribution in [0, 0.1) is 0 Å². The first-order valence-electron chi connectivity index (χ1n) is 6.12. The molecule has 0 aromatic carbocycles. The van der Waals surface area contributed by atoms with Crippen LogP contribution in [0.4, 0.5) is 5.69 Å². The lowest BCUT2D eigenvalue weighted by molar-refractivity contribution is 0.712. The molecule has 1 aromatic rings. The summed E-state index contributed by atoms with van der Waals surface area (Å²) in [6.45, 7) is 3.40. The number of hydrogen-bond donors (Lipinski definition) is 0. The van der Waals surface area contributed by atoms with Gasteiger partial charge in [0, 0.05) is 24.5 Å². The molecule has 0 aliphatic heterocycles. The molecule has 2 rings (SSSR count). The lowest BCUT2D eigenvalue weighted by atomic mass is 10.2. The van der Waals surface area contributed by atoms with Gasteiger partial charge >= 0.3 is 0 Å². The maximum absolute atomic E-state index is 5.82. The van der Waals surface area contributed by atoms with Crippen molar-refractivity contribution in [1.29, 1.82) is 0 Å². The summed E-state index contributed by atoms with van der Waals surface area (Å²) in [6.07, 6.45) is 7.05. The highest BCUT2D eigenvalue weighted by molar-refractivity contribution is 6.16. The maximum Gasteiger partial charge on any atom is 0.0648 e. The number of nitrogens with zero attached hydrogens (tertiary/aromatic N) is 2. The molecule has 88 valence electrons. The molecule has 1 aliphatic carbocycles. The van der Waals surface area contributed by atoms with Crippen molar-refractivity contribution < 1.29 is 0 Å². The van der Waals surface area contributed by atoms with Crippen molar-refractivity contribution >= 4 is 17.3 Å². The van der Waals surface area contributed by atoms with Crippen LogP contribution in [-0.2, 0) is 5.88 Å². The third kappa shape index (κ3) is 2.88. The van der Waals surface area contributed by atoms with Gasteiger partial charge in [0.2, 0.25) is 0 Å². The summed E-state index contributed by atoms with van der Waals surface area (Å²) in [4.78, 5) is 6.76. The van der Waals surface area contributed by atoms with Crippen molar-refractivity contribution in [2.24, 2.45) is 0 Å². The van der Waals surface area contributed by atoms with E-state index in [4.69, 9.17) is 11.6 Å². The number of anilines is 1. The second kappa shape index (κ2) is 5.53. The number of hydrogen-bond acceptors (Lipinski definition) is 2.